The van der Waals surface area contributed by atoms with Gasteiger partial charge < -0.3 is 16.3 Å². The van der Waals surface area contributed by atoms with E-state index in [2.05, 4.69) is 33.1 Å². The number of nitrogens with one attached hydrogen (secondary N) is 1. The first kappa shape index (κ1) is 15.3. The second-order valence-corrected chi connectivity index (χ2v) is 5.66. The van der Waals surface area contributed by atoms with Gasteiger partial charge in [-0.2, -0.15) is 0 Å². The number of hydrogen-bond acceptors (Lipinski definition) is 3. The lowest BCUT2D eigenvalue weighted by molar-refractivity contribution is -0.115. The molecule has 0 saturated carbocycles. The molecule has 2 aromatic carbocycles. The van der Waals surface area contributed by atoms with Gasteiger partial charge in [-0.05, 0) is 46.4 Å². The summed E-state index contributed by atoms with van der Waals surface area (Å²) >= 11 is 2.19. The Morgan fingerprint density at radius 2 is 1.95 bits per heavy atom. The molecule has 1 amide bonds. The number of hydrogen-bond donors (Lipinski definition) is 3. The smallest absolute Gasteiger partial charge is 0.228 e. The summed E-state index contributed by atoms with van der Waals surface area (Å²) < 4.78 is 1.06. The Balaban J connectivity index is 2.00. The molecule has 0 aliphatic heterocycles. The lowest BCUT2D eigenvalue weighted by Crippen LogP contribution is -2.15. The highest BCUT2D eigenvalue weighted by molar-refractivity contribution is 14.1. The van der Waals surface area contributed by atoms with Gasteiger partial charge in [0.1, 0.15) is 0 Å². The summed E-state index contributed by atoms with van der Waals surface area (Å²) in [6.45, 7) is 0. The highest BCUT2D eigenvalue weighted by atomic mass is 127. The van der Waals surface area contributed by atoms with E-state index in [0.717, 1.165) is 14.8 Å². The van der Waals surface area contributed by atoms with E-state index >= 15 is 0 Å². The average molecular weight is 395 g/mol. The predicted molar refractivity (Wildman–Crippen MR) is 90.4 cm³/mol. The maximum absolute atomic E-state index is 12.0. The van der Waals surface area contributed by atoms with E-state index in [1.165, 1.54) is 0 Å². The predicted octanol–water partition coefficient (Wildman–Crippen LogP) is 2.57. The van der Waals surface area contributed by atoms with Crippen molar-refractivity contribution in [2.75, 3.05) is 5.32 Å². The normalized spacial score (nSPS) is 11.2. The lowest BCUT2D eigenvalue weighted by atomic mass is 10.1. The molecule has 0 aliphatic rings. The number of benzene rings is 2. The number of oxime groups is 1. The molecule has 6 heteroatoms. The maximum atomic E-state index is 12.0. The molecule has 0 radical (unpaired) electrons. The summed E-state index contributed by atoms with van der Waals surface area (Å²) in [4.78, 5) is 12.0. The number of rotatable bonds is 4. The third-order valence-electron chi connectivity index (χ3n) is 2.83. The van der Waals surface area contributed by atoms with Gasteiger partial charge in [-0.3, -0.25) is 4.79 Å². The van der Waals surface area contributed by atoms with Crippen LogP contribution < -0.4 is 11.1 Å². The van der Waals surface area contributed by atoms with Gasteiger partial charge in [0.15, 0.2) is 5.84 Å². The fraction of sp³-hybridized carbons (Fsp3) is 0.0667. The van der Waals surface area contributed by atoms with Crippen LogP contribution in [0.1, 0.15) is 11.1 Å². The van der Waals surface area contributed by atoms with Gasteiger partial charge in [0.05, 0.1) is 6.42 Å². The molecule has 0 heterocycles. The Hall–Kier alpha value is -2.09. The number of amidine groups is 1. The van der Waals surface area contributed by atoms with Crippen LogP contribution in [0.15, 0.2) is 53.7 Å². The minimum atomic E-state index is -0.0893. The zero-order chi connectivity index (χ0) is 15.2. The number of halogens is 1. The minimum absolute atomic E-state index is 0.0462. The average Bonchev–Trinajstić information content (AvgIpc) is 2.47. The van der Waals surface area contributed by atoms with Crippen LogP contribution in [0.2, 0.25) is 0 Å². The van der Waals surface area contributed by atoms with Gasteiger partial charge >= 0.3 is 0 Å². The Bertz CT molecular complexity index is 669. The molecule has 0 atom stereocenters. The van der Waals surface area contributed by atoms with Crippen molar-refractivity contribution in [1.82, 2.24) is 0 Å². The molecule has 21 heavy (non-hydrogen) atoms. The van der Waals surface area contributed by atoms with Crippen molar-refractivity contribution < 1.29 is 10.0 Å². The summed E-state index contributed by atoms with van der Waals surface area (Å²) in [6.07, 6.45) is 0.266. The van der Waals surface area contributed by atoms with Gasteiger partial charge in [-0.15, -0.1) is 0 Å². The SMILES string of the molecule is NC(=NO)c1ccc(CC(=O)Nc2cccc(I)c2)cc1. The fourth-order valence-corrected chi connectivity index (χ4v) is 2.35. The molecule has 0 spiro atoms. The number of carbonyl (C=O) groups excluding carboxylic acids is 1. The Kier molecular flexibility index (Phi) is 5.15. The molecule has 0 unspecified atom stereocenters. The van der Waals surface area contributed by atoms with Crippen LogP contribution in [0.4, 0.5) is 5.69 Å². The molecule has 4 N–H and O–H groups in total. The summed E-state index contributed by atoms with van der Waals surface area (Å²) in [5, 5.41) is 14.4. The molecule has 0 aliphatic carbocycles. The quantitative estimate of drug-likeness (QED) is 0.245. The van der Waals surface area contributed by atoms with Crippen molar-refractivity contribution in [1.29, 1.82) is 0 Å². The van der Waals surface area contributed by atoms with E-state index < -0.39 is 0 Å². The summed E-state index contributed by atoms with van der Waals surface area (Å²) in [5.41, 5.74) is 7.72. The lowest BCUT2D eigenvalue weighted by Gasteiger charge is -2.06. The number of amides is 1. The molecule has 0 aromatic heterocycles. The maximum Gasteiger partial charge on any atom is 0.228 e. The van der Waals surface area contributed by atoms with E-state index in [0.29, 0.717) is 5.56 Å². The minimum Gasteiger partial charge on any atom is -0.409 e. The Morgan fingerprint density at radius 1 is 1.24 bits per heavy atom. The van der Waals surface area contributed by atoms with Gasteiger partial charge in [-0.25, -0.2) is 0 Å². The van der Waals surface area contributed by atoms with Crippen LogP contribution >= 0.6 is 22.6 Å². The highest BCUT2D eigenvalue weighted by Gasteiger charge is 2.05. The summed E-state index contributed by atoms with van der Waals surface area (Å²) in [7, 11) is 0. The number of nitrogens with zero attached hydrogens (tertiary/aromatic N) is 1. The molecular formula is C15H14IN3O2. The van der Waals surface area contributed by atoms with E-state index in [9.17, 15) is 4.79 Å². The van der Waals surface area contributed by atoms with Crippen molar-refractivity contribution in [3.63, 3.8) is 0 Å². The van der Waals surface area contributed by atoms with E-state index in [-0.39, 0.29) is 18.2 Å². The van der Waals surface area contributed by atoms with E-state index in [1.807, 2.05) is 24.3 Å². The van der Waals surface area contributed by atoms with Gasteiger partial charge in [0, 0.05) is 14.8 Å². The molecule has 5 nitrogen and oxygen atoms in total. The fourth-order valence-electron chi connectivity index (χ4n) is 1.81. The van der Waals surface area contributed by atoms with Crippen molar-refractivity contribution >= 4 is 40.0 Å². The number of anilines is 1. The number of carbonyl (C=O) groups is 1. The van der Waals surface area contributed by atoms with Gasteiger partial charge in [0.25, 0.3) is 0 Å². The topological polar surface area (TPSA) is 87.7 Å². The Labute approximate surface area is 136 Å². The molecule has 2 rings (SSSR count). The van der Waals surface area contributed by atoms with Crippen LogP contribution in [0.5, 0.6) is 0 Å². The largest absolute Gasteiger partial charge is 0.409 e. The third-order valence-corrected chi connectivity index (χ3v) is 3.50. The molecule has 2 aromatic rings. The first-order chi connectivity index (χ1) is 10.1. The molecule has 0 saturated heterocycles. The van der Waals surface area contributed by atoms with Crippen LogP contribution in [-0.2, 0) is 11.2 Å². The summed E-state index contributed by atoms with van der Waals surface area (Å²) in [5.74, 6) is -0.0431. The van der Waals surface area contributed by atoms with E-state index in [4.69, 9.17) is 10.9 Å². The first-order valence-electron chi connectivity index (χ1n) is 6.21. The van der Waals surface area contributed by atoms with Crippen molar-refractivity contribution in [2.24, 2.45) is 10.9 Å². The third kappa shape index (κ3) is 4.45. The molecule has 0 bridgehead atoms. The Morgan fingerprint density at radius 3 is 2.57 bits per heavy atom. The summed E-state index contributed by atoms with van der Waals surface area (Å²) in [6, 6.07) is 14.6. The highest BCUT2D eigenvalue weighted by Crippen LogP contribution is 2.13. The van der Waals surface area contributed by atoms with Gasteiger partial charge in [0.2, 0.25) is 5.91 Å². The zero-order valence-corrected chi connectivity index (χ0v) is 13.2. The van der Waals surface area contributed by atoms with Crippen molar-refractivity contribution in [3.8, 4) is 0 Å². The number of nitrogens with two attached hydrogens (primary N) is 1. The van der Waals surface area contributed by atoms with Crippen molar-refractivity contribution in [3.05, 3.63) is 63.2 Å². The molecule has 0 fully saturated rings. The van der Waals surface area contributed by atoms with Gasteiger partial charge in [-0.1, -0.05) is 35.5 Å². The van der Waals surface area contributed by atoms with Crippen molar-refractivity contribution in [2.45, 2.75) is 6.42 Å². The van der Waals surface area contributed by atoms with Crippen LogP contribution in [0.25, 0.3) is 0 Å². The second-order valence-electron chi connectivity index (χ2n) is 4.42. The first-order valence-corrected chi connectivity index (χ1v) is 7.28. The second kappa shape index (κ2) is 7.07. The van der Waals surface area contributed by atoms with E-state index in [1.54, 1.807) is 24.3 Å². The van der Waals surface area contributed by atoms with Crippen LogP contribution in [0.3, 0.4) is 0 Å². The monoisotopic (exact) mass is 395 g/mol. The standard InChI is InChI=1S/C15H14IN3O2/c16-12-2-1-3-13(9-12)18-14(20)8-10-4-6-11(7-5-10)15(17)19-21/h1-7,9,21H,8H2,(H2,17,19)(H,18,20). The molecular weight excluding hydrogens is 381 g/mol. The van der Waals surface area contributed by atoms with Crippen LogP contribution in [-0.4, -0.2) is 17.0 Å². The molecule has 108 valence electrons. The zero-order valence-electron chi connectivity index (χ0n) is 11.1. The van der Waals surface area contributed by atoms with Crippen LogP contribution in [0, 0.1) is 3.57 Å².